The van der Waals surface area contributed by atoms with Gasteiger partial charge in [0.1, 0.15) is 5.69 Å². The van der Waals surface area contributed by atoms with Crippen LogP contribution in [0, 0.1) is 0 Å². The largest absolute Gasteiger partial charge is 0.449 e. The second-order valence-corrected chi connectivity index (χ2v) is 19.3. The van der Waals surface area contributed by atoms with Crippen molar-refractivity contribution in [3.8, 4) is 56.4 Å². The van der Waals surface area contributed by atoms with E-state index in [0.717, 1.165) is 56.0 Å². The Balaban J connectivity index is 0.993. The first-order valence-electron chi connectivity index (χ1n) is 23.6. The third-order valence-corrected chi connectivity index (χ3v) is 14.7. The first-order valence-corrected chi connectivity index (χ1v) is 23.6. The van der Waals surface area contributed by atoms with Crippen LogP contribution in [0.2, 0.25) is 0 Å². The maximum Gasteiger partial charge on any atom is 0.195 e. The average molecular weight is 877 g/mol. The zero-order valence-corrected chi connectivity index (χ0v) is 38.5. The maximum absolute atomic E-state index is 7.17. The van der Waals surface area contributed by atoms with Crippen molar-refractivity contribution in [3.05, 3.63) is 241 Å². The van der Waals surface area contributed by atoms with Crippen LogP contribution in [0.4, 0.5) is 34.1 Å². The molecule has 13 rings (SSSR count). The van der Waals surface area contributed by atoms with Crippen LogP contribution in [-0.4, -0.2) is 0 Å². The molecular weight excluding hydrogens is 829 g/mol. The van der Waals surface area contributed by atoms with Crippen LogP contribution < -0.4 is 19.3 Å². The molecule has 1 heterocycles. The molecule has 0 bridgehead atoms. The molecule has 0 fully saturated rings. The van der Waals surface area contributed by atoms with E-state index in [9.17, 15) is 0 Å². The monoisotopic (exact) mass is 876 g/mol. The van der Waals surface area contributed by atoms with E-state index in [1.807, 2.05) is 24.3 Å². The molecule has 326 valence electrons. The van der Waals surface area contributed by atoms with E-state index in [-0.39, 0.29) is 10.8 Å². The van der Waals surface area contributed by atoms with Crippen LogP contribution in [0.3, 0.4) is 0 Å². The van der Waals surface area contributed by atoms with E-state index in [2.05, 4.69) is 232 Å². The number of hydrogen-bond acceptors (Lipinski definition) is 4. The van der Waals surface area contributed by atoms with E-state index < -0.39 is 0 Å². The molecule has 4 heteroatoms. The van der Waals surface area contributed by atoms with Gasteiger partial charge in [-0.05, 0) is 128 Å². The molecular formula is C64H48N2O2. The Morgan fingerprint density at radius 3 is 1.31 bits per heavy atom. The normalized spacial score (nSPS) is 14.1. The van der Waals surface area contributed by atoms with Gasteiger partial charge in [-0.25, -0.2) is 0 Å². The van der Waals surface area contributed by atoms with Crippen molar-refractivity contribution in [1.82, 2.24) is 0 Å². The van der Waals surface area contributed by atoms with Gasteiger partial charge in [0.25, 0.3) is 0 Å². The fourth-order valence-corrected chi connectivity index (χ4v) is 11.4. The molecule has 0 amide bonds. The second-order valence-electron chi connectivity index (χ2n) is 19.3. The Morgan fingerprint density at radius 1 is 0.324 bits per heavy atom. The summed E-state index contributed by atoms with van der Waals surface area (Å²) >= 11 is 0. The number of fused-ring (bicyclic) bond motifs is 9. The molecule has 3 aliphatic rings. The van der Waals surface area contributed by atoms with Crippen LogP contribution in [0.15, 0.2) is 218 Å². The molecule has 0 saturated carbocycles. The summed E-state index contributed by atoms with van der Waals surface area (Å²) in [7, 11) is 0. The van der Waals surface area contributed by atoms with Crippen LogP contribution in [-0.2, 0) is 10.8 Å². The molecule has 0 atom stereocenters. The van der Waals surface area contributed by atoms with E-state index in [4.69, 9.17) is 9.47 Å². The molecule has 10 aromatic carbocycles. The Hall–Kier alpha value is -8.34. The highest BCUT2D eigenvalue weighted by atomic mass is 16.6. The summed E-state index contributed by atoms with van der Waals surface area (Å²) in [6.45, 7) is 9.36. The number of anilines is 6. The number of para-hydroxylation sites is 4. The minimum atomic E-state index is -0.181. The summed E-state index contributed by atoms with van der Waals surface area (Å²) in [5, 5.41) is 2.11. The van der Waals surface area contributed by atoms with Crippen molar-refractivity contribution < 1.29 is 9.47 Å². The highest BCUT2D eigenvalue weighted by molar-refractivity contribution is 6.12. The molecule has 0 unspecified atom stereocenters. The molecule has 68 heavy (non-hydrogen) atoms. The van der Waals surface area contributed by atoms with Crippen LogP contribution >= 0.6 is 0 Å². The van der Waals surface area contributed by atoms with Gasteiger partial charge in [-0.2, -0.15) is 0 Å². The second kappa shape index (κ2) is 15.1. The van der Waals surface area contributed by atoms with Gasteiger partial charge in [0.05, 0.1) is 0 Å². The fraction of sp³-hybridized carbons (Fsp3) is 0.0938. The van der Waals surface area contributed by atoms with E-state index in [0.29, 0.717) is 23.0 Å². The summed E-state index contributed by atoms with van der Waals surface area (Å²) in [6, 6.07) is 78.5. The van der Waals surface area contributed by atoms with E-state index in [1.54, 1.807) is 0 Å². The van der Waals surface area contributed by atoms with Crippen LogP contribution in [0.25, 0.3) is 44.2 Å². The van der Waals surface area contributed by atoms with Gasteiger partial charge < -0.3 is 19.3 Å². The van der Waals surface area contributed by atoms with Gasteiger partial charge in [0, 0.05) is 50.2 Å². The number of benzene rings is 10. The number of ether oxygens (including phenoxy) is 2. The predicted molar refractivity (Wildman–Crippen MR) is 280 cm³/mol. The zero-order chi connectivity index (χ0) is 45.7. The summed E-state index contributed by atoms with van der Waals surface area (Å²) in [5.41, 5.74) is 18.5. The third kappa shape index (κ3) is 6.00. The topological polar surface area (TPSA) is 24.9 Å². The van der Waals surface area contributed by atoms with Crippen LogP contribution in [0.1, 0.15) is 49.9 Å². The van der Waals surface area contributed by atoms with E-state index in [1.165, 1.54) is 44.5 Å². The Labute approximate surface area is 397 Å². The molecule has 0 radical (unpaired) electrons. The standard InChI is InChI=1S/C64H48N2O2/c1-63(2)53-27-15-13-23-47(53)49-37-35-45(39-55(49)63)65(42-19-7-5-8-20-42)44-33-31-41(32-34-44)59-51-25-11-12-26-52(51)60(62-61(59)67-57-29-17-18-30-58(57)68-62)66(43-21-9-6-10-22-43)46-36-38-50-48-24-14-16-28-54(48)64(3,4)56(50)40-46/h5-40H,1-4H3. The molecule has 0 N–H and O–H groups in total. The zero-order valence-electron chi connectivity index (χ0n) is 38.5. The number of nitrogens with zero attached hydrogens (tertiary/aromatic N) is 2. The Morgan fingerprint density at radius 2 is 0.735 bits per heavy atom. The summed E-state index contributed by atoms with van der Waals surface area (Å²) in [6.07, 6.45) is 0. The molecule has 0 saturated heterocycles. The lowest BCUT2D eigenvalue weighted by Crippen LogP contribution is -2.17. The molecule has 4 nitrogen and oxygen atoms in total. The molecule has 0 spiro atoms. The van der Waals surface area contributed by atoms with Gasteiger partial charge in [-0.3, -0.25) is 0 Å². The molecule has 2 aliphatic carbocycles. The third-order valence-electron chi connectivity index (χ3n) is 14.7. The average Bonchev–Trinajstić information content (AvgIpc) is 3.75. The van der Waals surface area contributed by atoms with E-state index >= 15 is 0 Å². The highest BCUT2D eigenvalue weighted by Crippen LogP contribution is 2.61. The SMILES string of the molecule is CC1(C)c2ccccc2-c2ccc(N(c3ccccc3)c3ccc(-c4c5c(c(N(c6ccccc6)c6ccc7c(c6)C(C)(C)c6ccccc6-7)c6ccccc46)Oc4ccccc4O5)cc3)cc21. The van der Waals surface area contributed by atoms with Crippen molar-refractivity contribution in [2.24, 2.45) is 0 Å². The summed E-state index contributed by atoms with van der Waals surface area (Å²) < 4.78 is 14.3. The van der Waals surface area contributed by atoms with Gasteiger partial charge in [-0.1, -0.05) is 173 Å². The molecule has 0 aromatic heterocycles. The first-order chi connectivity index (χ1) is 33.3. The van der Waals surface area contributed by atoms with Gasteiger partial charge in [-0.15, -0.1) is 0 Å². The first kappa shape index (κ1) is 40.0. The predicted octanol–water partition coefficient (Wildman–Crippen LogP) is 18.0. The molecule has 1 aliphatic heterocycles. The lowest BCUT2D eigenvalue weighted by molar-refractivity contribution is 0.362. The smallest absolute Gasteiger partial charge is 0.195 e. The van der Waals surface area contributed by atoms with Crippen LogP contribution in [0.5, 0.6) is 23.0 Å². The van der Waals surface area contributed by atoms with Gasteiger partial charge >= 0.3 is 0 Å². The van der Waals surface area contributed by atoms with Crippen molar-refractivity contribution in [2.75, 3.05) is 9.80 Å². The summed E-state index contributed by atoms with van der Waals surface area (Å²) in [5.74, 6) is 2.70. The van der Waals surface area contributed by atoms with Crippen molar-refractivity contribution in [2.45, 2.75) is 38.5 Å². The minimum Gasteiger partial charge on any atom is -0.449 e. The fourth-order valence-electron chi connectivity index (χ4n) is 11.4. The molecule has 10 aromatic rings. The lowest BCUT2D eigenvalue weighted by Gasteiger charge is -2.33. The number of hydrogen-bond donors (Lipinski definition) is 0. The lowest BCUT2D eigenvalue weighted by atomic mass is 9.82. The van der Waals surface area contributed by atoms with Crippen molar-refractivity contribution in [3.63, 3.8) is 0 Å². The number of rotatable bonds is 7. The Kier molecular flexibility index (Phi) is 8.88. The Bertz CT molecular complexity index is 3630. The van der Waals surface area contributed by atoms with Crippen molar-refractivity contribution >= 4 is 44.9 Å². The van der Waals surface area contributed by atoms with Crippen molar-refractivity contribution in [1.29, 1.82) is 0 Å². The quantitative estimate of drug-likeness (QED) is 0.159. The van der Waals surface area contributed by atoms with Gasteiger partial charge in [0.15, 0.2) is 23.0 Å². The minimum absolute atomic E-state index is 0.125. The van der Waals surface area contributed by atoms with Gasteiger partial charge in [0.2, 0.25) is 0 Å². The highest BCUT2D eigenvalue weighted by Gasteiger charge is 2.38. The maximum atomic E-state index is 7.17. The summed E-state index contributed by atoms with van der Waals surface area (Å²) in [4.78, 5) is 4.72.